The molecule has 1 heterocycles. The predicted octanol–water partition coefficient (Wildman–Crippen LogP) is 4.03. The highest BCUT2D eigenvalue weighted by Crippen LogP contribution is 2.41. The Labute approximate surface area is 128 Å². The largest absolute Gasteiger partial charge is 0.506 e. The molecule has 0 atom stereocenters. The number of hydrogen-bond donors (Lipinski definition) is 3. The lowest BCUT2D eigenvalue weighted by atomic mass is 10.3. The molecule has 0 saturated heterocycles. The lowest BCUT2D eigenvalue weighted by molar-refractivity contribution is 0.475. The summed E-state index contributed by atoms with van der Waals surface area (Å²) >= 11 is 7.01. The molecule has 108 valence electrons. The maximum atomic E-state index is 13.1. The van der Waals surface area contributed by atoms with Crippen LogP contribution in [0.4, 0.5) is 20.2 Å². The number of phenolic OH excluding ortho intramolecular Hbond substituents is 1. The van der Waals surface area contributed by atoms with Crippen LogP contribution in [-0.4, -0.2) is 11.1 Å². The first-order chi connectivity index (χ1) is 10.0. The fourth-order valence-electron chi connectivity index (χ4n) is 1.80. The Morgan fingerprint density at radius 3 is 2.57 bits per heavy atom. The molecule has 3 N–H and O–H groups in total. The van der Waals surface area contributed by atoms with Crippen molar-refractivity contribution in [2.75, 3.05) is 5.32 Å². The number of anilines is 1. The number of halogens is 3. The molecule has 8 heteroatoms. The summed E-state index contributed by atoms with van der Waals surface area (Å²) in [5.74, 6) is -1.22. The van der Waals surface area contributed by atoms with Crippen LogP contribution in [0.25, 0.3) is 0 Å². The van der Waals surface area contributed by atoms with Gasteiger partial charge in [-0.25, -0.2) is 13.8 Å². The number of nitrogens with one attached hydrogen (secondary N) is 2. The van der Waals surface area contributed by atoms with Gasteiger partial charge in [-0.05, 0) is 30.1 Å². The van der Waals surface area contributed by atoms with Crippen LogP contribution in [0.3, 0.4) is 0 Å². The van der Waals surface area contributed by atoms with Gasteiger partial charge < -0.3 is 10.4 Å². The van der Waals surface area contributed by atoms with Crippen LogP contribution in [0.1, 0.15) is 0 Å². The fraction of sp³-hybridized carbons (Fsp3) is 0. The van der Waals surface area contributed by atoms with Crippen molar-refractivity contribution >= 4 is 40.9 Å². The molecule has 2 aromatic rings. The van der Waals surface area contributed by atoms with Crippen LogP contribution in [0.15, 0.2) is 40.2 Å². The van der Waals surface area contributed by atoms with Gasteiger partial charge >= 0.3 is 0 Å². The van der Waals surface area contributed by atoms with E-state index in [0.717, 1.165) is 18.2 Å². The predicted molar refractivity (Wildman–Crippen MR) is 79.2 cm³/mol. The summed E-state index contributed by atoms with van der Waals surface area (Å²) in [5, 5.41) is 13.0. The molecule has 0 aliphatic carbocycles. The van der Waals surface area contributed by atoms with E-state index in [9.17, 15) is 13.9 Å². The van der Waals surface area contributed by atoms with Crippen molar-refractivity contribution in [1.29, 1.82) is 0 Å². The first-order valence-corrected chi connectivity index (χ1v) is 6.98. The monoisotopic (exact) mass is 327 g/mol. The second-order valence-electron chi connectivity index (χ2n) is 4.22. The van der Waals surface area contributed by atoms with Crippen LogP contribution in [0, 0.1) is 11.6 Å². The average molecular weight is 328 g/mol. The molecule has 2 aromatic carbocycles. The van der Waals surface area contributed by atoms with Crippen LogP contribution in [0.5, 0.6) is 5.75 Å². The summed E-state index contributed by atoms with van der Waals surface area (Å²) in [7, 11) is 0. The molecule has 0 fully saturated rings. The Kier molecular flexibility index (Phi) is 3.60. The van der Waals surface area contributed by atoms with Gasteiger partial charge in [-0.2, -0.15) is 0 Å². The Hall–Kier alpha value is -1.99. The number of guanidine groups is 1. The average Bonchev–Trinajstić information content (AvgIpc) is 2.38. The van der Waals surface area contributed by atoms with Gasteiger partial charge in [0.1, 0.15) is 23.1 Å². The van der Waals surface area contributed by atoms with Gasteiger partial charge in [0.25, 0.3) is 0 Å². The molecule has 0 radical (unpaired) electrons. The Balaban J connectivity index is 1.92. The molecule has 4 nitrogen and oxygen atoms in total. The van der Waals surface area contributed by atoms with Crippen molar-refractivity contribution < 1.29 is 13.9 Å². The summed E-state index contributed by atoms with van der Waals surface area (Å²) < 4.78 is 29.1. The van der Waals surface area contributed by atoms with Crippen molar-refractivity contribution in [1.82, 2.24) is 4.72 Å². The molecule has 0 bridgehead atoms. The number of rotatable bonds is 1. The molecule has 0 amide bonds. The smallest absolute Gasteiger partial charge is 0.211 e. The van der Waals surface area contributed by atoms with Gasteiger partial charge in [0, 0.05) is 22.8 Å². The number of hydrogen-bond acceptors (Lipinski definition) is 5. The fourth-order valence-corrected chi connectivity index (χ4v) is 2.82. The maximum Gasteiger partial charge on any atom is 0.211 e. The Morgan fingerprint density at radius 2 is 1.86 bits per heavy atom. The van der Waals surface area contributed by atoms with Crippen LogP contribution in [0.2, 0.25) is 5.02 Å². The summed E-state index contributed by atoms with van der Waals surface area (Å²) in [6.45, 7) is 0. The highest BCUT2D eigenvalue weighted by atomic mass is 35.5. The number of benzene rings is 2. The van der Waals surface area contributed by atoms with Gasteiger partial charge in [0.05, 0.1) is 4.90 Å². The number of phenols is 1. The van der Waals surface area contributed by atoms with Gasteiger partial charge in [-0.3, -0.25) is 4.72 Å². The lowest BCUT2D eigenvalue weighted by Gasteiger charge is -2.18. The summed E-state index contributed by atoms with van der Waals surface area (Å²) in [5.41, 5.74) is 0.541. The molecular formula is C13H8ClF2N3OS. The Morgan fingerprint density at radius 1 is 1.14 bits per heavy atom. The lowest BCUT2D eigenvalue weighted by Crippen LogP contribution is -2.27. The van der Waals surface area contributed by atoms with E-state index < -0.39 is 11.6 Å². The van der Waals surface area contributed by atoms with Crippen LogP contribution in [-0.2, 0) is 0 Å². The van der Waals surface area contributed by atoms with Gasteiger partial charge in [-0.15, -0.1) is 0 Å². The Bertz CT molecular complexity index is 734. The van der Waals surface area contributed by atoms with Gasteiger partial charge in [0.2, 0.25) is 5.96 Å². The third kappa shape index (κ3) is 3.03. The van der Waals surface area contributed by atoms with Crippen molar-refractivity contribution in [3.63, 3.8) is 0 Å². The zero-order valence-electron chi connectivity index (χ0n) is 10.3. The topological polar surface area (TPSA) is 56.7 Å². The summed E-state index contributed by atoms with van der Waals surface area (Å²) in [4.78, 5) is 4.81. The molecule has 3 rings (SSSR count). The standard InChI is InChI=1S/C13H8ClF2N3OS/c14-6-1-10(20)12-11(2-6)21-19-13(18-12)17-9-4-7(15)3-8(16)5-9/h1-5,20H,(H2,17,18,19). The molecule has 21 heavy (non-hydrogen) atoms. The summed E-state index contributed by atoms with van der Waals surface area (Å²) in [6, 6.07) is 6.06. The highest BCUT2D eigenvalue weighted by molar-refractivity contribution is 7.98. The van der Waals surface area contributed by atoms with Crippen LogP contribution < -0.4 is 10.0 Å². The third-order valence-corrected chi connectivity index (χ3v) is 3.67. The first-order valence-electron chi connectivity index (χ1n) is 5.78. The van der Waals surface area contributed by atoms with E-state index in [4.69, 9.17) is 11.6 Å². The SMILES string of the molecule is Oc1cc(Cl)cc2c1N=C(Nc1cc(F)cc(F)c1)NS2. The normalized spacial score (nSPS) is 13.2. The van der Waals surface area contributed by atoms with Crippen molar-refractivity contribution in [3.05, 3.63) is 47.0 Å². The van der Waals surface area contributed by atoms with E-state index in [-0.39, 0.29) is 17.4 Å². The number of aliphatic imine (C=N–C) groups is 1. The second kappa shape index (κ2) is 5.42. The van der Waals surface area contributed by atoms with Gasteiger partial charge in [-0.1, -0.05) is 11.6 Å². The molecule has 1 aliphatic rings. The molecule has 0 saturated carbocycles. The van der Waals surface area contributed by atoms with E-state index in [1.54, 1.807) is 6.07 Å². The van der Waals surface area contributed by atoms with E-state index in [1.807, 2.05) is 0 Å². The van der Waals surface area contributed by atoms with Crippen molar-refractivity contribution in [3.8, 4) is 5.75 Å². The number of aromatic hydroxyl groups is 1. The highest BCUT2D eigenvalue weighted by Gasteiger charge is 2.17. The van der Waals surface area contributed by atoms with Gasteiger partial charge in [0.15, 0.2) is 0 Å². The zero-order valence-corrected chi connectivity index (χ0v) is 11.9. The summed E-state index contributed by atoms with van der Waals surface area (Å²) in [6.07, 6.45) is 0. The van der Waals surface area contributed by atoms with Crippen molar-refractivity contribution in [2.45, 2.75) is 4.90 Å². The minimum atomic E-state index is -0.698. The molecular weight excluding hydrogens is 320 g/mol. The third-order valence-electron chi connectivity index (χ3n) is 2.63. The first kappa shape index (κ1) is 14.0. The second-order valence-corrected chi connectivity index (χ2v) is 5.50. The minimum absolute atomic E-state index is 0.0729. The molecule has 0 aromatic heterocycles. The molecule has 1 aliphatic heterocycles. The van der Waals surface area contributed by atoms with E-state index in [1.165, 1.54) is 18.0 Å². The minimum Gasteiger partial charge on any atom is -0.506 e. The van der Waals surface area contributed by atoms with E-state index >= 15 is 0 Å². The van der Waals surface area contributed by atoms with Crippen LogP contribution >= 0.6 is 23.5 Å². The number of fused-ring (bicyclic) bond motifs is 1. The van der Waals surface area contributed by atoms with E-state index in [2.05, 4.69) is 15.0 Å². The van der Waals surface area contributed by atoms with Crippen molar-refractivity contribution in [2.24, 2.45) is 4.99 Å². The van der Waals surface area contributed by atoms with E-state index in [0.29, 0.717) is 15.6 Å². The molecule has 0 unspecified atom stereocenters. The quantitative estimate of drug-likeness (QED) is 0.692. The molecule has 0 spiro atoms. The number of nitrogens with zero attached hydrogens (tertiary/aromatic N) is 1. The maximum absolute atomic E-state index is 13.1. The zero-order chi connectivity index (χ0) is 15.0.